The van der Waals surface area contributed by atoms with Crippen LogP contribution in [-0.4, -0.2) is 43.8 Å². The molecule has 2 N–H and O–H groups in total. The standard InChI is InChI=1S/C15H16N4O5S/c1-9-13-10(14(20)16-5-6-17-25(2,21)22)8-11(12-4-3-7-23-12)18-15(13)24-19-9/h3-4,7-8,17H,5-6H2,1-2H3,(H,16,20). The summed E-state index contributed by atoms with van der Waals surface area (Å²) in [6, 6.07) is 5.02. The van der Waals surface area contributed by atoms with Crippen molar-refractivity contribution < 1.29 is 22.2 Å². The zero-order valence-corrected chi connectivity index (χ0v) is 14.4. The van der Waals surface area contributed by atoms with Crippen LogP contribution < -0.4 is 10.0 Å². The molecule has 0 aliphatic carbocycles. The van der Waals surface area contributed by atoms with Crippen molar-refractivity contribution in [2.24, 2.45) is 0 Å². The fraction of sp³-hybridized carbons (Fsp3) is 0.267. The van der Waals surface area contributed by atoms with Crippen molar-refractivity contribution >= 4 is 27.0 Å². The molecule has 25 heavy (non-hydrogen) atoms. The quantitative estimate of drug-likeness (QED) is 0.626. The van der Waals surface area contributed by atoms with Crippen LogP contribution in [-0.2, 0) is 10.0 Å². The maximum Gasteiger partial charge on any atom is 0.259 e. The van der Waals surface area contributed by atoms with Crippen molar-refractivity contribution in [3.63, 3.8) is 0 Å². The molecule has 0 unspecified atom stereocenters. The molecule has 0 atom stereocenters. The van der Waals surface area contributed by atoms with Crippen LogP contribution >= 0.6 is 0 Å². The van der Waals surface area contributed by atoms with E-state index in [1.165, 1.54) is 6.26 Å². The first kappa shape index (κ1) is 17.1. The Hall–Kier alpha value is -2.72. The molecule has 0 bridgehead atoms. The maximum atomic E-state index is 12.5. The molecule has 0 saturated carbocycles. The molecule has 0 aliphatic rings. The van der Waals surface area contributed by atoms with Crippen molar-refractivity contribution in [3.05, 3.63) is 35.7 Å². The molecule has 0 spiro atoms. The van der Waals surface area contributed by atoms with Crippen molar-refractivity contribution in [1.82, 2.24) is 20.2 Å². The van der Waals surface area contributed by atoms with E-state index in [-0.39, 0.29) is 24.7 Å². The van der Waals surface area contributed by atoms with Crippen LogP contribution in [0.2, 0.25) is 0 Å². The monoisotopic (exact) mass is 364 g/mol. The van der Waals surface area contributed by atoms with E-state index in [9.17, 15) is 13.2 Å². The number of hydrogen-bond donors (Lipinski definition) is 2. The van der Waals surface area contributed by atoms with Gasteiger partial charge in [-0.25, -0.2) is 18.1 Å². The lowest BCUT2D eigenvalue weighted by Gasteiger charge is -2.07. The van der Waals surface area contributed by atoms with Crippen LogP contribution in [0.1, 0.15) is 16.1 Å². The lowest BCUT2D eigenvalue weighted by molar-refractivity contribution is 0.0956. The van der Waals surface area contributed by atoms with E-state index in [2.05, 4.69) is 20.2 Å². The minimum Gasteiger partial charge on any atom is -0.463 e. The molecule has 3 rings (SSSR count). The normalized spacial score (nSPS) is 11.8. The van der Waals surface area contributed by atoms with Gasteiger partial charge in [-0.15, -0.1) is 0 Å². The average molecular weight is 364 g/mol. The second kappa shape index (κ2) is 6.65. The van der Waals surface area contributed by atoms with Gasteiger partial charge < -0.3 is 14.3 Å². The molecule has 132 valence electrons. The SMILES string of the molecule is Cc1noc2nc(-c3ccco3)cc(C(=O)NCCNS(C)(=O)=O)c12. The van der Waals surface area contributed by atoms with E-state index in [4.69, 9.17) is 8.94 Å². The molecule has 1 amide bonds. The van der Waals surface area contributed by atoms with Gasteiger partial charge in [-0.2, -0.15) is 0 Å². The predicted molar refractivity (Wildman–Crippen MR) is 89.4 cm³/mol. The Morgan fingerprint density at radius 1 is 1.32 bits per heavy atom. The molecule has 0 aliphatic heterocycles. The maximum absolute atomic E-state index is 12.5. The summed E-state index contributed by atoms with van der Waals surface area (Å²) in [5, 5.41) is 7.01. The number of rotatable bonds is 6. The Morgan fingerprint density at radius 3 is 2.80 bits per heavy atom. The number of carbonyl (C=O) groups excluding carboxylic acids is 1. The Morgan fingerprint density at radius 2 is 2.12 bits per heavy atom. The number of aryl methyl sites for hydroxylation is 1. The number of amides is 1. The summed E-state index contributed by atoms with van der Waals surface area (Å²) in [5.41, 5.74) is 1.53. The first-order valence-electron chi connectivity index (χ1n) is 7.39. The lowest BCUT2D eigenvalue weighted by atomic mass is 10.1. The molecule has 0 fully saturated rings. The van der Waals surface area contributed by atoms with E-state index < -0.39 is 10.0 Å². The Kier molecular flexibility index (Phi) is 4.55. The smallest absolute Gasteiger partial charge is 0.259 e. The van der Waals surface area contributed by atoms with Gasteiger partial charge in [0, 0.05) is 13.1 Å². The van der Waals surface area contributed by atoms with Crippen LogP contribution in [0.25, 0.3) is 22.6 Å². The highest BCUT2D eigenvalue weighted by atomic mass is 32.2. The summed E-state index contributed by atoms with van der Waals surface area (Å²) in [7, 11) is -3.30. The van der Waals surface area contributed by atoms with Gasteiger partial charge in [-0.05, 0) is 25.1 Å². The molecule has 9 nitrogen and oxygen atoms in total. The van der Waals surface area contributed by atoms with Gasteiger partial charge in [-0.1, -0.05) is 5.16 Å². The molecule has 3 aromatic rings. The fourth-order valence-corrected chi connectivity index (χ4v) is 2.80. The van der Waals surface area contributed by atoms with E-state index >= 15 is 0 Å². The van der Waals surface area contributed by atoms with Gasteiger partial charge in [0.2, 0.25) is 10.0 Å². The van der Waals surface area contributed by atoms with Gasteiger partial charge in [-0.3, -0.25) is 4.79 Å². The van der Waals surface area contributed by atoms with Crippen LogP contribution in [0, 0.1) is 6.92 Å². The number of hydrogen-bond acceptors (Lipinski definition) is 7. The summed E-state index contributed by atoms with van der Waals surface area (Å²) in [6.45, 7) is 1.94. The largest absolute Gasteiger partial charge is 0.463 e. The van der Waals surface area contributed by atoms with E-state index in [1.807, 2.05) is 0 Å². The van der Waals surface area contributed by atoms with Crippen LogP contribution in [0.15, 0.2) is 33.4 Å². The minimum absolute atomic E-state index is 0.0897. The van der Waals surface area contributed by atoms with Gasteiger partial charge in [0.15, 0.2) is 5.76 Å². The highest BCUT2D eigenvalue weighted by molar-refractivity contribution is 7.88. The zero-order chi connectivity index (χ0) is 18.0. The topological polar surface area (TPSA) is 127 Å². The number of nitrogens with one attached hydrogen (secondary N) is 2. The predicted octanol–water partition coefficient (Wildman–Crippen LogP) is 1.07. The molecule has 3 aromatic heterocycles. The summed E-state index contributed by atoms with van der Waals surface area (Å²) in [4.78, 5) is 16.9. The third kappa shape index (κ3) is 3.86. The molecule has 10 heteroatoms. The number of pyridine rings is 1. The van der Waals surface area contributed by atoms with Crippen LogP contribution in [0.3, 0.4) is 0 Å². The number of furan rings is 1. The second-order valence-corrected chi connectivity index (χ2v) is 7.24. The van der Waals surface area contributed by atoms with Gasteiger partial charge >= 0.3 is 0 Å². The van der Waals surface area contributed by atoms with Gasteiger partial charge in [0.25, 0.3) is 11.6 Å². The van der Waals surface area contributed by atoms with Crippen molar-refractivity contribution in [1.29, 1.82) is 0 Å². The second-order valence-electron chi connectivity index (χ2n) is 5.40. The third-order valence-corrected chi connectivity index (χ3v) is 4.14. The van der Waals surface area contributed by atoms with Gasteiger partial charge in [0.1, 0.15) is 5.69 Å². The molecule has 0 saturated heterocycles. The van der Waals surface area contributed by atoms with Crippen molar-refractivity contribution in [2.45, 2.75) is 6.92 Å². The molecule has 0 aromatic carbocycles. The van der Waals surface area contributed by atoms with Crippen molar-refractivity contribution in [2.75, 3.05) is 19.3 Å². The molecule has 3 heterocycles. The summed E-state index contributed by atoms with van der Waals surface area (Å²) >= 11 is 0. The molecular weight excluding hydrogens is 348 g/mol. The van der Waals surface area contributed by atoms with Gasteiger partial charge in [0.05, 0.1) is 29.2 Å². The first-order chi connectivity index (χ1) is 11.8. The number of nitrogens with zero attached hydrogens (tertiary/aromatic N) is 2. The zero-order valence-electron chi connectivity index (χ0n) is 13.6. The lowest BCUT2D eigenvalue weighted by Crippen LogP contribution is -2.34. The van der Waals surface area contributed by atoms with E-state index in [0.717, 1.165) is 6.26 Å². The van der Waals surface area contributed by atoms with E-state index in [0.29, 0.717) is 28.1 Å². The van der Waals surface area contributed by atoms with E-state index in [1.54, 1.807) is 25.1 Å². The average Bonchev–Trinajstić information content (AvgIpc) is 3.20. The van der Waals surface area contributed by atoms with Crippen LogP contribution in [0.5, 0.6) is 0 Å². The first-order valence-corrected chi connectivity index (χ1v) is 9.28. The third-order valence-electron chi connectivity index (χ3n) is 3.41. The molecule has 0 radical (unpaired) electrons. The molecular formula is C15H16N4O5S. The summed E-state index contributed by atoms with van der Waals surface area (Å²) in [6.07, 6.45) is 2.56. The summed E-state index contributed by atoms with van der Waals surface area (Å²) in [5.74, 6) is 0.102. The van der Waals surface area contributed by atoms with Crippen LogP contribution in [0.4, 0.5) is 0 Å². The van der Waals surface area contributed by atoms with Crippen molar-refractivity contribution in [3.8, 4) is 11.5 Å². The number of fused-ring (bicyclic) bond motifs is 1. The highest BCUT2D eigenvalue weighted by Crippen LogP contribution is 2.27. The Labute approximate surface area is 143 Å². The Balaban J connectivity index is 1.88. The number of carbonyl (C=O) groups is 1. The minimum atomic E-state index is -3.30. The Bertz CT molecular complexity index is 1010. The fourth-order valence-electron chi connectivity index (χ4n) is 2.33. The number of aromatic nitrogens is 2. The number of sulfonamides is 1. The summed E-state index contributed by atoms with van der Waals surface area (Å²) < 4.78 is 34.9. The highest BCUT2D eigenvalue weighted by Gasteiger charge is 2.20.